The van der Waals surface area contributed by atoms with Gasteiger partial charge in [-0.25, -0.2) is 0 Å². The van der Waals surface area contributed by atoms with Gasteiger partial charge in [-0.1, -0.05) is 6.07 Å². The lowest BCUT2D eigenvalue weighted by atomic mass is 10.1. The first-order chi connectivity index (χ1) is 8.54. The zero-order chi connectivity index (χ0) is 13.5. The summed E-state index contributed by atoms with van der Waals surface area (Å²) in [6, 6.07) is 5.91. The van der Waals surface area contributed by atoms with Crippen LogP contribution in [0.15, 0.2) is 24.3 Å². The van der Waals surface area contributed by atoms with Gasteiger partial charge in [0.2, 0.25) is 11.8 Å². The van der Waals surface area contributed by atoms with Crippen molar-refractivity contribution in [1.29, 1.82) is 0 Å². The van der Waals surface area contributed by atoms with Crippen LogP contribution < -0.4 is 16.8 Å². The average molecular weight is 267 g/mol. The molecule has 0 heterocycles. The first kappa shape index (κ1) is 14.5. The van der Waals surface area contributed by atoms with E-state index in [9.17, 15) is 9.59 Å². The van der Waals surface area contributed by atoms with Gasteiger partial charge in [0.25, 0.3) is 0 Å². The number of amides is 2. The van der Waals surface area contributed by atoms with E-state index in [1.807, 2.05) is 6.26 Å². The van der Waals surface area contributed by atoms with Crippen LogP contribution in [-0.2, 0) is 4.79 Å². The maximum Gasteiger partial charge on any atom is 0.248 e. The second kappa shape index (κ2) is 7.03. The Morgan fingerprint density at radius 2 is 2.17 bits per heavy atom. The number of rotatable bonds is 6. The first-order valence-corrected chi connectivity index (χ1v) is 6.89. The molecule has 0 radical (unpaired) electrons. The normalized spacial score (nSPS) is 11.9. The zero-order valence-electron chi connectivity index (χ0n) is 10.2. The maximum atomic E-state index is 11.7. The third-order valence-electron chi connectivity index (χ3n) is 2.38. The van der Waals surface area contributed by atoms with Gasteiger partial charge in [-0.3, -0.25) is 9.59 Å². The Morgan fingerprint density at radius 3 is 2.78 bits per heavy atom. The fourth-order valence-electron chi connectivity index (χ4n) is 1.36. The summed E-state index contributed by atoms with van der Waals surface area (Å²) >= 11 is 1.64. The van der Waals surface area contributed by atoms with Crippen molar-refractivity contribution >= 4 is 29.3 Å². The third kappa shape index (κ3) is 4.38. The Labute approximate surface area is 110 Å². The molecule has 1 aromatic rings. The van der Waals surface area contributed by atoms with Crippen molar-refractivity contribution in [3.8, 4) is 0 Å². The molecule has 2 amide bonds. The van der Waals surface area contributed by atoms with E-state index in [4.69, 9.17) is 11.5 Å². The minimum Gasteiger partial charge on any atom is -0.366 e. The van der Waals surface area contributed by atoms with E-state index >= 15 is 0 Å². The molecule has 0 aliphatic rings. The van der Waals surface area contributed by atoms with Crippen LogP contribution in [0.2, 0.25) is 0 Å². The second-order valence-corrected chi connectivity index (χ2v) is 4.81. The van der Waals surface area contributed by atoms with Crippen LogP contribution in [0.5, 0.6) is 0 Å². The topological polar surface area (TPSA) is 98.2 Å². The van der Waals surface area contributed by atoms with Gasteiger partial charge in [0.1, 0.15) is 0 Å². The van der Waals surface area contributed by atoms with Crippen LogP contribution in [0.25, 0.3) is 0 Å². The van der Waals surface area contributed by atoms with Gasteiger partial charge in [-0.05, 0) is 36.6 Å². The molecule has 1 atom stereocenters. The fourth-order valence-corrected chi connectivity index (χ4v) is 1.85. The Balaban J connectivity index is 2.64. The molecule has 0 aromatic heterocycles. The molecule has 1 aromatic carbocycles. The van der Waals surface area contributed by atoms with Gasteiger partial charge in [0.05, 0.1) is 6.04 Å². The number of primary amides is 1. The molecule has 1 rings (SSSR count). The number of hydrogen-bond acceptors (Lipinski definition) is 4. The van der Waals surface area contributed by atoms with E-state index < -0.39 is 11.9 Å². The number of thioether (sulfide) groups is 1. The summed E-state index contributed by atoms with van der Waals surface area (Å²) in [4.78, 5) is 22.7. The first-order valence-electron chi connectivity index (χ1n) is 5.50. The van der Waals surface area contributed by atoms with Crippen LogP contribution in [0.3, 0.4) is 0 Å². The number of carbonyl (C=O) groups is 2. The summed E-state index contributed by atoms with van der Waals surface area (Å²) < 4.78 is 0. The van der Waals surface area contributed by atoms with Gasteiger partial charge in [-0.2, -0.15) is 11.8 Å². The van der Waals surface area contributed by atoms with Crippen LogP contribution >= 0.6 is 11.8 Å². The molecule has 5 N–H and O–H groups in total. The van der Waals surface area contributed by atoms with Gasteiger partial charge in [0, 0.05) is 11.3 Å². The predicted octanol–water partition coefficient (Wildman–Crippen LogP) is 0.804. The molecule has 0 fully saturated rings. The molecule has 0 aliphatic carbocycles. The molecule has 0 aliphatic heterocycles. The lowest BCUT2D eigenvalue weighted by Crippen LogP contribution is -2.36. The number of carbonyl (C=O) groups excluding carboxylic acids is 2. The molecule has 18 heavy (non-hydrogen) atoms. The molecule has 0 spiro atoms. The molecule has 0 saturated carbocycles. The zero-order valence-corrected chi connectivity index (χ0v) is 11.0. The van der Waals surface area contributed by atoms with Crippen LogP contribution in [0, 0.1) is 0 Å². The van der Waals surface area contributed by atoms with E-state index in [-0.39, 0.29) is 5.91 Å². The van der Waals surface area contributed by atoms with Crippen LogP contribution in [0.4, 0.5) is 5.69 Å². The van der Waals surface area contributed by atoms with E-state index in [0.717, 1.165) is 5.75 Å². The minimum atomic E-state index is -0.547. The fraction of sp³-hybridized carbons (Fsp3) is 0.333. The van der Waals surface area contributed by atoms with Crippen molar-refractivity contribution in [3.63, 3.8) is 0 Å². The number of anilines is 1. The van der Waals surface area contributed by atoms with Crippen molar-refractivity contribution in [1.82, 2.24) is 0 Å². The Morgan fingerprint density at radius 1 is 1.44 bits per heavy atom. The van der Waals surface area contributed by atoms with Gasteiger partial charge < -0.3 is 16.8 Å². The number of nitrogens with two attached hydrogens (primary N) is 2. The lowest BCUT2D eigenvalue weighted by Gasteiger charge is -2.11. The highest BCUT2D eigenvalue weighted by Gasteiger charge is 2.13. The Bertz CT molecular complexity index is 437. The third-order valence-corrected chi connectivity index (χ3v) is 3.03. The van der Waals surface area contributed by atoms with Crippen LogP contribution in [-0.4, -0.2) is 29.9 Å². The van der Waals surface area contributed by atoms with Gasteiger partial charge in [-0.15, -0.1) is 0 Å². The Kier molecular flexibility index (Phi) is 5.67. The monoisotopic (exact) mass is 267 g/mol. The van der Waals surface area contributed by atoms with Gasteiger partial charge >= 0.3 is 0 Å². The summed E-state index contributed by atoms with van der Waals surface area (Å²) in [5.74, 6) is 0.0408. The van der Waals surface area contributed by atoms with Crippen molar-refractivity contribution in [3.05, 3.63) is 29.8 Å². The summed E-state index contributed by atoms with van der Waals surface area (Å²) in [6.07, 6.45) is 2.57. The van der Waals surface area contributed by atoms with Crippen molar-refractivity contribution < 1.29 is 9.59 Å². The molecule has 98 valence electrons. The van der Waals surface area contributed by atoms with E-state index in [2.05, 4.69) is 5.32 Å². The van der Waals surface area contributed by atoms with Gasteiger partial charge in [0.15, 0.2) is 0 Å². The predicted molar refractivity (Wildman–Crippen MR) is 74.6 cm³/mol. The quantitative estimate of drug-likeness (QED) is 0.710. The van der Waals surface area contributed by atoms with E-state index in [1.54, 1.807) is 30.0 Å². The highest BCUT2D eigenvalue weighted by molar-refractivity contribution is 7.98. The lowest BCUT2D eigenvalue weighted by molar-refractivity contribution is -0.117. The summed E-state index contributed by atoms with van der Waals surface area (Å²) in [5, 5.41) is 2.66. The molecular weight excluding hydrogens is 250 g/mol. The summed E-state index contributed by atoms with van der Waals surface area (Å²) in [6.45, 7) is 0. The number of nitrogens with one attached hydrogen (secondary N) is 1. The van der Waals surface area contributed by atoms with Crippen molar-refractivity contribution in [2.45, 2.75) is 12.5 Å². The highest BCUT2D eigenvalue weighted by atomic mass is 32.2. The molecule has 0 saturated heterocycles. The molecule has 6 heteroatoms. The standard InChI is InChI=1S/C12H17N3O2S/c1-18-6-5-10(13)12(17)15-9-4-2-3-8(7-9)11(14)16/h2-4,7,10H,5-6,13H2,1H3,(H2,14,16)(H,15,17)/t10-/m1/s1. The number of hydrogen-bond donors (Lipinski definition) is 3. The SMILES string of the molecule is CSCC[C@@H](N)C(=O)Nc1cccc(C(N)=O)c1. The van der Waals surface area contributed by atoms with Crippen molar-refractivity contribution in [2.75, 3.05) is 17.3 Å². The van der Waals surface area contributed by atoms with Crippen LogP contribution in [0.1, 0.15) is 16.8 Å². The molecule has 5 nitrogen and oxygen atoms in total. The van der Waals surface area contributed by atoms with E-state index in [0.29, 0.717) is 17.7 Å². The summed E-state index contributed by atoms with van der Waals surface area (Å²) in [7, 11) is 0. The Hall–Kier alpha value is -1.53. The molecule has 0 bridgehead atoms. The summed E-state index contributed by atoms with van der Waals surface area (Å²) in [5.41, 5.74) is 11.8. The second-order valence-electron chi connectivity index (χ2n) is 3.82. The number of benzene rings is 1. The minimum absolute atomic E-state index is 0.259. The maximum absolute atomic E-state index is 11.7. The van der Waals surface area contributed by atoms with Crippen molar-refractivity contribution in [2.24, 2.45) is 11.5 Å². The molecule has 0 unspecified atom stereocenters. The smallest absolute Gasteiger partial charge is 0.248 e. The average Bonchev–Trinajstić information content (AvgIpc) is 2.36. The van der Waals surface area contributed by atoms with E-state index in [1.165, 1.54) is 6.07 Å². The highest BCUT2D eigenvalue weighted by Crippen LogP contribution is 2.11. The largest absolute Gasteiger partial charge is 0.366 e. The molecular formula is C12H17N3O2S.